The number of nitrogens with zero attached hydrogens (tertiary/aromatic N) is 2. The first-order chi connectivity index (χ1) is 8.56. The van der Waals surface area contributed by atoms with Crippen molar-refractivity contribution in [1.29, 1.82) is 0 Å². The quantitative estimate of drug-likeness (QED) is 0.822. The fourth-order valence-electron chi connectivity index (χ4n) is 2.27. The SMILES string of the molecule is COC(=O)c1nn(C(C)C)c(N)c1C1CCOC1. The highest BCUT2D eigenvalue weighted by molar-refractivity contribution is 5.90. The maximum absolute atomic E-state index is 11.8. The number of carbonyl (C=O) groups excluding carboxylic acids is 1. The number of esters is 1. The van der Waals surface area contributed by atoms with Crippen LogP contribution in [0.2, 0.25) is 0 Å². The van der Waals surface area contributed by atoms with Gasteiger partial charge in [-0.15, -0.1) is 0 Å². The third-order valence-electron chi connectivity index (χ3n) is 3.19. The topological polar surface area (TPSA) is 79.4 Å². The van der Waals surface area contributed by atoms with Crippen molar-refractivity contribution in [3.63, 3.8) is 0 Å². The third kappa shape index (κ3) is 2.08. The summed E-state index contributed by atoms with van der Waals surface area (Å²) in [6, 6.07) is 0.101. The maximum Gasteiger partial charge on any atom is 0.358 e. The number of nitrogens with two attached hydrogens (primary N) is 1. The van der Waals surface area contributed by atoms with Crippen LogP contribution in [0.25, 0.3) is 0 Å². The van der Waals surface area contributed by atoms with Crippen LogP contribution in [0.3, 0.4) is 0 Å². The normalized spacial score (nSPS) is 19.4. The van der Waals surface area contributed by atoms with Gasteiger partial charge < -0.3 is 15.2 Å². The largest absolute Gasteiger partial charge is 0.464 e. The zero-order chi connectivity index (χ0) is 13.3. The number of ether oxygens (including phenoxy) is 2. The van der Waals surface area contributed by atoms with Crippen LogP contribution in [0.4, 0.5) is 5.82 Å². The van der Waals surface area contributed by atoms with E-state index < -0.39 is 5.97 Å². The predicted molar refractivity (Wildman–Crippen MR) is 66.5 cm³/mol. The summed E-state index contributed by atoms with van der Waals surface area (Å²) >= 11 is 0. The van der Waals surface area contributed by atoms with Crippen molar-refractivity contribution < 1.29 is 14.3 Å². The highest BCUT2D eigenvalue weighted by Gasteiger charge is 2.31. The zero-order valence-electron chi connectivity index (χ0n) is 11.0. The van der Waals surface area contributed by atoms with Gasteiger partial charge in [0.25, 0.3) is 0 Å². The first-order valence-corrected chi connectivity index (χ1v) is 6.10. The van der Waals surface area contributed by atoms with Gasteiger partial charge in [-0.2, -0.15) is 5.10 Å². The number of anilines is 1. The van der Waals surface area contributed by atoms with Crippen LogP contribution in [0.5, 0.6) is 0 Å². The van der Waals surface area contributed by atoms with Crippen LogP contribution in [0.15, 0.2) is 0 Å². The number of hydrogen-bond acceptors (Lipinski definition) is 5. The molecule has 18 heavy (non-hydrogen) atoms. The Kier molecular flexibility index (Phi) is 3.56. The summed E-state index contributed by atoms with van der Waals surface area (Å²) in [4.78, 5) is 11.8. The third-order valence-corrected chi connectivity index (χ3v) is 3.19. The molecule has 0 bridgehead atoms. The molecule has 0 amide bonds. The van der Waals surface area contributed by atoms with Crippen molar-refractivity contribution in [2.75, 3.05) is 26.1 Å². The van der Waals surface area contributed by atoms with Gasteiger partial charge in [0.05, 0.1) is 13.7 Å². The second-order valence-electron chi connectivity index (χ2n) is 4.74. The van der Waals surface area contributed by atoms with E-state index in [2.05, 4.69) is 5.10 Å². The number of methoxy groups -OCH3 is 1. The highest BCUT2D eigenvalue weighted by atomic mass is 16.5. The second-order valence-corrected chi connectivity index (χ2v) is 4.74. The zero-order valence-corrected chi connectivity index (χ0v) is 11.0. The monoisotopic (exact) mass is 253 g/mol. The fourth-order valence-corrected chi connectivity index (χ4v) is 2.27. The van der Waals surface area contributed by atoms with Crippen molar-refractivity contribution in [2.24, 2.45) is 0 Å². The van der Waals surface area contributed by atoms with Crippen LogP contribution in [-0.4, -0.2) is 36.1 Å². The molecular formula is C12H19N3O3. The molecule has 0 aromatic carbocycles. The van der Waals surface area contributed by atoms with Crippen molar-refractivity contribution in [1.82, 2.24) is 9.78 Å². The van der Waals surface area contributed by atoms with E-state index in [1.807, 2.05) is 13.8 Å². The van der Waals surface area contributed by atoms with E-state index in [4.69, 9.17) is 15.2 Å². The Morgan fingerprint density at radius 1 is 1.61 bits per heavy atom. The average Bonchev–Trinajstić information content (AvgIpc) is 2.94. The van der Waals surface area contributed by atoms with Crippen LogP contribution in [0.1, 0.15) is 48.3 Å². The molecule has 1 fully saturated rings. The lowest BCUT2D eigenvalue weighted by molar-refractivity contribution is 0.0591. The van der Waals surface area contributed by atoms with Crippen LogP contribution in [-0.2, 0) is 9.47 Å². The van der Waals surface area contributed by atoms with Crippen LogP contribution in [0, 0.1) is 0 Å². The van der Waals surface area contributed by atoms with Crippen molar-refractivity contribution in [2.45, 2.75) is 32.2 Å². The Balaban J connectivity index is 2.49. The number of aromatic nitrogens is 2. The number of hydrogen-bond donors (Lipinski definition) is 1. The molecule has 0 spiro atoms. The van der Waals surface area contributed by atoms with Gasteiger partial charge >= 0.3 is 5.97 Å². The molecule has 2 rings (SSSR count). The second kappa shape index (κ2) is 4.97. The number of carbonyl (C=O) groups is 1. The molecule has 1 aliphatic heterocycles. The molecule has 1 atom stereocenters. The standard InChI is InChI=1S/C12H19N3O3/c1-7(2)15-11(13)9(8-4-5-18-6-8)10(14-15)12(16)17-3/h7-8H,4-6,13H2,1-3H3. The van der Waals surface area contributed by atoms with E-state index in [0.717, 1.165) is 12.0 Å². The van der Waals surface area contributed by atoms with Gasteiger partial charge in [-0.1, -0.05) is 0 Å². The van der Waals surface area contributed by atoms with Gasteiger partial charge in [-0.05, 0) is 20.3 Å². The molecule has 0 saturated carbocycles. The van der Waals surface area contributed by atoms with Gasteiger partial charge in [0, 0.05) is 24.1 Å². The molecule has 1 unspecified atom stereocenters. The van der Waals surface area contributed by atoms with Gasteiger partial charge in [0.1, 0.15) is 5.82 Å². The number of rotatable bonds is 3. The van der Waals surface area contributed by atoms with Crippen molar-refractivity contribution in [3.05, 3.63) is 11.3 Å². The minimum atomic E-state index is -0.442. The molecule has 100 valence electrons. The first-order valence-electron chi connectivity index (χ1n) is 6.10. The summed E-state index contributed by atoms with van der Waals surface area (Å²) in [7, 11) is 1.35. The summed E-state index contributed by atoms with van der Waals surface area (Å²) in [6.07, 6.45) is 0.859. The Morgan fingerprint density at radius 2 is 2.33 bits per heavy atom. The van der Waals surface area contributed by atoms with E-state index in [0.29, 0.717) is 24.7 Å². The lowest BCUT2D eigenvalue weighted by atomic mass is 9.98. The minimum Gasteiger partial charge on any atom is -0.464 e. The molecule has 2 N–H and O–H groups in total. The average molecular weight is 253 g/mol. The molecule has 0 radical (unpaired) electrons. The summed E-state index contributed by atoms with van der Waals surface area (Å²) in [5, 5.41) is 4.29. The maximum atomic E-state index is 11.8. The molecular weight excluding hydrogens is 234 g/mol. The van der Waals surface area contributed by atoms with E-state index in [1.54, 1.807) is 4.68 Å². The molecule has 1 aromatic heterocycles. The molecule has 1 saturated heterocycles. The molecule has 1 aliphatic rings. The minimum absolute atomic E-state index is 0.101. The fraction of sp³-hybridized carbons (Fsp3) is 0.667. The van der Waals surface area contributed by atoms with Gasteiger partial charge in [-0.25, -0.2) is 9.48 Å². The Bertz CT molecular complexity index is 448. The van der Waals surface area contributed by atoms with E-state index in [1.165, 1.54) is 7.11 Å². The highest BCUT2D eigenvalue weighted by Crippen LogP contribution is 2.33. The summed E-state index contributed by atoms with van der Waals surface area (Å²) < 4.78 is 11.8. The summed E-state index contributed by atoms with van der Waals surface area (Å²) in [6.45, 7) is 5.22. The Hall–Kier alpha value is -1.56. The van der Waals surface area contributed by atoms with Gasteiger partial charge in [-0.3, -0.25) is 0 Å². The lowest BCUT2D eigenvalue weighted by Crippen LogP contribution is -2.10. The van der Waals surface area contributed by atoms with E-state index >= 15 is 0 Å². The van der Waals surface area contributed by atoms with E-state index in [9.17, 15) is 4.79 Å². The summed E-state index contributed by atoms with van der Waals surface area (Å²) in [5.74, 6) is 0.232. The van der Waals surface area contributed by atoms with Crippen LogP contribution >= 0.6 is 0 Å². The summed E-state index contributed by atoms with van der Waals surface area (Å²) in [5.41, 5.74) is 7.20. The lowest BCUT2D eigenvalue weighted by Gasteiger charge is -2.10. The molecule has 0 aliphatic carbocycles. The first kappa shape index (κ1) is 12.9. The smallest absolute Gasteiger partial charge is 0.358 e. The van der Waals surface area contributed by atoms with Gasteiger partial charge in [0.15, 0.2) is 5.69 Å². The molecule has 6 heteroatoms. The van der Waals surface area contributed by atoms with Crippen LogP contribution < -0.4 is 5.73 Å². The molecule has 6 nitrogen and oxygen atoms in total. The van der Waals surface area contributed by atoms with Crippen molar-refractivity contribution in [3.8, 4) is 0 Å². The Labute approximate surface area is 106 Å². The van der Waals surface area contributed by atoms with Gasteiger partial charge in [0.2, 0.25) is 0 Å². The predicted octanol–water partition coefficient (Wildman–Crippen LogP) is 1.34. The number of nitrogen functional groups attached to an aromatic ring is 1. The van der Waals surface area contributed by atoms with E-state index in [-0.39, 0.29) is 12.0 Å². The van der Waals surface area contributed by atoms with Crippen molar-refractivity contribution >= 4 is 11.8 Å². The molecule has 1 aromatic rings. The molecule has 2 heterocycles. The Morgan fingerprint density at radius 3 is 2.83 bits per heavy atom.